The van der Waals surface area contributed by atoms with Crippen LogP contribution < -0.4 is 15.8 Å². The number of aliphatic hydroxyl groups is 1. The lowest BCUT2D eigenvalue weighted by Crippen LogP contribution is -2.59. The quantitative estimate of drug-likeness (QED) is 0.256. The predicted molar refractivity (Wildman–Crippen MR) is 124 cm³/mol. The van der Waals surface area contributed by atoms with E-state index in [9.17, 15) is 23.5 Å². The van der Waals surface area contributed by atoms with Gasteiger partial charge in [0, 0.05) is 23.7 Å². The molecule has 2 aromatic carbocycles. The molecule has 1 fully saturated rings. The van der Waals surface area contributed by atoms with Crippen molar-refractivity contribution in [3.8, 4) is 5.75 Å². The van der Waals surface area contributed by atoms with Gasteiger partial charge < -0.3 is 30.6 Å². The van der Waals surface area contributed by atoms with E-state index in [2.05, 4.69) is 15.2 Å². The standard InChI is InChI=1S/C23H25ClF2N4O5/c1-2-34-29-20(27)14-5-3-13(4-6-14)12-28-21(32)18-7-8-30(18)22(33)19(31)15-9-16(24)11-17(10-15)35-23(25)26/h3-6,9-11,18-19,23,31H,2,7-8,12H2,1H3,(H2,27,29)(H,28,32). The van der Waals surface area contributed by atoms with Crippen LogP contribution in [-0.2, 0) is 21.0 Å². The van der Waals surface area contributed by atoms with Gasteiger partial charge in [0.15, 0.2) is 11.9 Å². The van der Waals surface area contributed by atoms with E-state index in [0.29, 0.717) is 18.6 Å². The molecule has 0 saturated carbocycles. The smallest absolute Gasteiger partial charge is 0.387 e. The summed E-state index contributed by atoms with van der Waals surface area (Å²) >= 11 is 5.89. The summed E-state index contributed by atoms with van der Waals surface area (Å²) in [5.41, 5.74) is 7.27. The molecule has 12 heteroatoms. The summed E-state index contributed by atoms with van der Waals surface area (Å²) in [6, 6.07) is 9.78. The highest BCUT2D eigenvalue weighted by Crippen LogP contribution is 2.29. The van der Waals surface area contributed by atoms with Crippen LogP contribution in [0.2, 0.25) is 5.02 Å². The second-order valence-electron chi connectivity index (χ2n) is 7.65. The molecule has 1 heterocycles. The summed E-state index contributed by atoms with van der Waals surface area (Å²) in [6.07, 6.45) is -1.27. The van der Waals surface area contributed by atoms with Gasteiger partial charge in [-0.15, -0.1) is 0 Å². The summed E-state index contributed by atoms with van der Waals surface area (Å²) < 4.78 is 29.3. The first-order valence-electron chi connectivity index (χ1n) is 10.8. The number of nitrogens with two attached hydrogens (primary N) is 1. The van der Waals surface area contributed by atoms with Gasteiger partial charge in [0.05, 0.1) is 0 Å². The van der Waals surface area contributed by atoms with Crippen molar-refractivity contribution in [3.63, 3.8) is 0 Å². The van der Waals surface area contributed by atoms with Crippen molar-refractivity contribution in [2.24, 2.45) is 10.9 Å². The van der Waals surface area contributed by atoms with E-state index in [4.69, 9.17) is 22.2 Å². The van der Waals surface area contributed by atoms with Crippen LogP contribution in [0.1, 0.15) is 36.1 Å². The number of ether oxygens (including phenoxy) is 1. The van der Waals surface area contributed by atoms with Crippen LogP contribution >= 0.6 is 11.6 Å². The first-order valence-corrected chi connectivity index (χ1v) is 11.1. The Morgan fingerprint density at radius 2 is 2.00 bits per heavy atom. The number of carbonyl (C=O) groups is 2. The van der Waals surface area contributed by atoms with Crippen LogP contribution in [0, 0.1) is 0 Å². The van der Waals surface area contributed by atoms with E-state index in [1.807, 2.05) is 0 Å². The molecule has 0 aromatic heterocycles. The number of oxime groups is 1. The van der Waals surface area contributed by atoms with Gasteiger partial charge in [-0.3, -0.25) is 9.59 Å². The number of amides is 2. The van der Waals surface area contributed by atoms with Gasteiger partial charge in [0.2, 0.25) is 5.91 Å². The minimum Gasteiger partial charge on any atom is -0.435 e. The largest absolute Gasteiger partial charge is 0.435 e. The first kappa shape index (κ1) is 26.2. The van der Waals surface area contributed by atoms with Gasteiger partial charge in [0.25, 0.3) is 5.91 Å². The number of hydrogen-bond donors (Lipinski definition) is 3. The zero-order valence-electron chi connectivity index (χ0n) is 18.8. The van der Waals surface area contributed by atoms with E-state index in [0.717, 1.165) is 17.7 Å². The molecular weight excluding hydrogens is 486 g/mol. The molecule has 0 aliphatic carbocycles. The summed E-state index contributed by atoms with van der Waals surface area (Å²) in [5, 5.41) is 17.0. The van der Waals surface area contributed by atoms with Crippen LogP contribution in [-0.4, -0.2) is 53.5 Å². The summed E-state index contributed by atoms with van der Waals surface area (Å²) in [4.78, 5) is 31.5. The molecule has 4 N–H and O–H groups in total. The fraction of sp³-hybridized carbons (Fsp3) is 0.348. The maximum atomic E-state index is 12.8. The number of alkyl halides is 2. The molecule has 188 valence electrons. The molecule has 0 bridgehead atoms. The lowest BCUT2D eigenvalue weighted by molar-refractivity contribution is -0.154. The fourth-order valence-corrected chi connectivity index (χ4v) is 3.66. The van der Waals surface area contributed by atoms with Gasteiger partial charge in [-0.25, -0.2) is 0 Å². The van der Waals surface area contributed by atoms with Crippen LogP contribution in [0.5, 0.6) is 5.75 Å². The second kappa shape index (κ2) is 11.8. The third kappa shape index (κ3) is 6.80. The van der Waals surface area contributed by atoms with Gasteiger partial charge in [-0.1, -0.05) is 41.0 Å². The van der Waals surface area contributed by atoms with Crippen molar-refractivity contribution in [3.05, 3.63) is 64.2 Å². The van der Waals surface area contributed by atoms with E-state index in [1.54, 1.807) is 31.2 Å². The molecule has 1 aliphatic rings. The van der Waals surface area contributed by atoms with E-state index >= 15 is 0 Å². The minimum atomic E-state index is -3.09. The Morgan fingerprint density at radius 1 is 1.29 bits per heavy atom. The SMILES string of the molecule is CCO/N=C(/N)c1ccc(CNC(=O)C2CCN2C(=O)C(O)c2cc(Cl)cc(OC(F)F)c2)cc1. The molecule has 3 rings (SSSR count). The Morgan fingerprint density at radius 3 is 2.60 bits per heavy atom. The highest BCUT2D eigenvalue weighted by Gasteiger charge is 2.40. The van der Waals surface area contributed by atoms with Crippen LogP contribution in [0.4, 0.5) is 8.78 Å². The van der Waals surface area contributed by atoms with Crippen LogP contribution in [0.15, 0.2) is 47.6 Å². The molecule has 0 spiro atoms. The number of hydrogen-bond acceptors (Lipinski definition) is 6. The van der Waals surface area contributed by atoms with E-state index in [-0.39, 0.29) is 41.2 Å². The number of rotatable bonds is 10. The normalized spacial score (nSPS) is 16.5. The Bertz CT molecular complexity index is 1080. The third-order valence-corrected chi connectivity index (χ3v) is 5.50. The average Bonchev–Trinajstić information content (AvgIpc) is 2.79. The number of nitrogens with zero attached hydrogens (tertiary/aromatic N) is 2. The van der Waals surface area contributed by atoms with E-state index < -0.39 is 24.7 Å². The number of likely N-dealkylation sites (tertiary alicyclic amines) is 1. The fourth-order valence-electron chi connectivity index (χ4n) is 3.42. The van der Waals surface area contributed by atoms with Crippen molar-refractivity contribution < 1.29 is 33.1 Å². The van der Waals surface area contributed by atoms with Gasteiger partial charge in [-0.2, -0.15) is 8.78 Å². The predicted octanol–water partition coefficient (Wildman–Crippen LogP) is 2.55. The molecule has 35 heavy (non-hydrogen) atoms. The zero-order chi connectivity index (χ0) is 25.5. The van der Waals surface area contributed by atoms with Crippen molar-refractivity contribution in [2.75, 3.05) is 13.2 Å². The number of amidine groups is 1. The van der Waals surface area contributed by atoms with Crippen molar-refractivity contribution in [1.29, 1.82) is 0 Å². The molecule has 2 unspecified atom stereocenters. The molecule has 2 atom stereocenters. The lowest BCUT2D eigenvalue weighted by atomic mass is 9.98. The first-order chi connectivity index (χ1) is 16.7. The Labute approximate surface area is 205 Å². The van der Waals surface area contributed by atoms with Crippen molar-refractivity contribution in [2.45, 2.75) is 38.6 Å². The lowest BCUT2D eigenvalue weighted by Gasteiger charge is -2.40. The van der Waals surface area contributed by atoms with Crippen molar-refractivity contribution in [1.82, 2.24) is 10.2 Å². The van der Waals surface area contributed by atoms with Crippen molar-refractivity contribution >= 4 is 29.3 Å². The summed E-state index contributed by atoms with van der Waals surface area (Å²) in [5.74, 6) is -1.18. The minimum absolute atomic E-state index is 0.0137. The molecule has 0 radical (unpaired) electrons. The van der Waals surface area contributed by atoms with Gasteiger partial charge in [0.1, 0.15) is 18.4 Å². The summed E-state index contributed by atoms with van der Waals surface area (Å²) in [7, 11) is 0. The number of nitrogens with one attached hydrogen (secondary N) is 1. The van der Waals surface area contributed by atoms with Crippen LogP contribution in [0.3, 0.4) is 0 Å². The molecule has 9 nitrogen and oxygen atoms in total. The third-order valence-electron chi connectivity index (χ3n) is 5.28. The Hall–Kier alpha value is -3.44. The Balaban J connectivity index is 1.58. The number of benzene rings is 2. The molecule has 2 amide bonds. The second-order valence-corrected chi connectivity index (χ2v) is 8.08. The summed E-state index contributed by atoms with van der Waals surface area (Å²) in [6.45, 7) is -0.420. The maximum Gasteiger partial charge on any atom is 0.387 e. The maximum absolute atomic E-state index is 12.8. The van der Waals surface area contributed by atoms with E-state index in [1.165, 1.54) is 11.0 Å². The average molecular weight is 511 g/mol. The van der Waals surface area contributed by atoms with Crippen LogP contribution in [0.25, 0.3) is 0 Å². The highest BCUT2D eigenvalue weighted by atomic mass is 35.5. The van der Waals surface area contributed by atoms with Gasteiger partial charge in [-0.05, 0) is 42.7 Å². The zero-order valence-corrected chi connectivity index (χ0v) is 19.5. The van der Waals surface area contributed by atoms with Gasteiger partial charge >= 0.3 is 6.61 Å². The topological polar surface area (TPSA) is 126 Å². The number of aliphatic hydroxyl groups excluding tert-OH is 1. The molecule has 2 aromatic rings. The number of halogens is 3. The molecular formula is C23H25ClF2N4O5. The monoisotopic (exact) mass is 510 g/mol. The molecule has 1 saturated heterocycles. The highest BCUT2D eigenvalue weighted by molar-refractivity contribution is 6.30. The number of carbonyl (C=O) groups excluding carboxylic acids is 2. The Kier molecular flexibility index (Phi) is 8.83. The molecule has 1 aliphatic heterocycles.